The average molecular weight is 254 g/mol. The van der Waals surface area contributed by atoms with E-state index in [4.69, 9.17) is 10.5 Å². The molecular formula is C13H10N4O2. The summed E-state index contributed by atoms with van der Waals surface area (Å²) in [5, 5.41) is 15.2. The van der Waals surface area contributed by atoms with E-state index in [2.05, 4.69) is 10.1 Å². The molecule has 3 aromatic rings. The summed E-state index contributed by atoms with van der Waals surface area (Å²) < 4.78 is 5.63. The van der Waals surface area contributed by atoms with Gasteiger partial charge in [-0.3, -0.25) is 0 Å². The normalized spacial score (nSPS) is 10.5. The van der Waals surface area contributed by atoms with E-state index in [1.54, 1.807) is 18.2 Å². The van der Waals surface area contributed by atoms with Crippen LogP contribution in [0.5, 0.6) is 11.5 Å². The first-order chi connectivity index (χ1) is 9.22. The van der Waals surface area contributed by atoms with Crippen LogP contribution in [-0.2, 0) is 0 Å². The van der Waals surface area contributed by atoms with E-state index in [0.717, 1.165) is 0 Å². The van der Waals surface area contributed by atoms with Crippen LogP contribution in [-0.4, -0.2) is 10.1 Å². The fraction of sp³-hybridized carbons (Fsp3) is 0. The largest absolute Gasteiger partial charge is 0.594 e. The number of nitrogens with two attached hydrogens (primary N) is 1. The van der Waals surface area contributed by atoms with Gasteiger partial charge < -0.3 is 15.7 Å². The molecule has 0 unspecified atom stereocenters. The number of fused-ring (bicyclic) bond motifs is 1. The third kappa shape index (κ3) is 2.23. The van der Waals surface area contributed by atoms with Crippen molar-refractivity contribution in [1.82, 2.24) is 10.1 Å². The Hall–Kier alpha value is -2.89. The molecule has 0 aliphatic carbocycles. The maximum absolute atomic E-state index is 11.6. The Bertz CT molecular complexity index is 731. The number of aromatic nitrogens is 3. The highest BCUT2D eigenvalue weighted by Gasteiger charge is 2.10. The Balaban J connectivity index is 2.02. The van der Waals surface area contributed by atoms with Gasteiger partial charge in [0, 0.05) is 0 Å². The molecule has 3 rings (SSSR count). The average Bonchev–Trinajstić information content (AvgIpc) is 2.40. The maximum atomic E-state index is 11.6. The van der Waals surface area contributed by atoms with E-state index in [9.17, 15) is 5.21 Å². The van der Waals surface area contributed by atoms with E-state index in [-0.39, 0.29) is 5.95 Å². The zero-order valence-corrected chi connectivity index (χ0v) is 9.85. The number of benzene rings is 2. The van der Waals surface area contributed by atoms with Crippen molar-refractivity contribution >= 4 is 17.0 Å². The van der Waals surface area contributed by atoms with Crippen molar-refractivity contribution < 1.29 is 9.58 Å². The van der Waals surface area contributed by atoms with E-state index in [0.29, 0.717) is 27.4 Å². The van der Waals surface area contributed by atoms with Crippen molar-refractivity contribution in [2.45, 2.75) is 0 Å². The minimum Gasteiger partial charge on any atom is -0.594 e. The molecule has 6 nitrogen and oxygen atoms in total. The second-order valence-corrected chi connectivity index (χ2v) is 3.91. The SMILES string of the molecule is Nc1nc2ccc(Oc3ccccc3)cc2[n+]([O-])n1. The van der Waals surface area contributed by atoms with Crippen LogP contribution in [0.2, 0.25) is 0 Å². The zero-order valence-electron chi connectivity index (χ0n) is 9.85. The van der Waals surface area contributed by atoms with E-state index in [1.807, 2.05) is 30.3 Å². The van der Waals surface area contributed by atoms with Crippen molar-refractivity contribution in [1.29, 1.82) is 0 Å². The lowest BCUT2D eigenvalue weighted by molar-refractivity contribution is -0.641. The van der Waals surface area contributed by atoms with Crippen LogP contribution in [0.25, 0.3) is 11.0 Å². The van der Waals surface area contributed by atoms with Gasteiger partial charge in [0.25, 0.3) is 11.5 Å². The summed E-state index contributed by atoms with van der Waals surface area (Å²) in [5.41, 5.74) is 6.19. The summed E-state index contributed by atoms with van der Waals surface area (Å²) >= 11 is 0. The quantitative estimate of drug-likeness (QED) is 0.554. The molecule has 0 spiro atoms. The van der Waals surface area contributed by atoms with Gasteiger partial charge in [-0.1, -0.05) is 18.2 Å². The Morgan fingerprint density at radius 1 is 1.05 bits per heavy atom. The molecule has 0 amide bonds. The molecule has 2 N–H and O–H groups in total. The number of nitrogen functional groups attached to an aromatic ring is 1. The summed E-state index contributed by atoms with van der Waals surface area (Å²) in [6, 6.07) is 14.3. The first kappa shape index (κ1) is 11.2. The van der Waals surface area contributed by atoms with Crippen LogP contribution in [0.1, 0.15) is 0 Å². The second-order valence-electron chi connectivity index (χ2n) is 3.91. The van der Waals surface area contributed by atoms with Crippen molar-refractivity contribution in [3.63, 3.8) is 0 Å². The van der Waals surface area contributed by atoms with Gasteiger partial charge in [-0.15, -0.1) is 0 Å². The minimum absolute atomic E-state index is 0.0563. The van der Waals surface area contributed by atoms with Crippen molar-refractivity contribution in [2.75, 3.05) is 5.73 Å². The first-order valence-electron chi connectivity index (χ1n) is 5.62. The van der Waals surface area contributed by atoms with Gasteiger partial charge in [0.1, 0.15) is 17.0 Å². The predicted octanol–water partition coefficient (Wildman–Crippen LogP) is 1.64. The molecule has 0 aliphatic rings. The number of ether oxygens (including phenoxy) is 1. The summed E-state index contributed by atoms with van der Waals surface area (Å²) in [7, 11) is 0. The Kier molecular flexibility index (Phi) is 2.60. The van der Waals surface area contributed by atoms with E-state index in [1.165, 1.54) is 0 Å². The monoisotopic (exact) mass is 254 g/mol. The molecule has 1 aromatic heterocycles. The molecule has 0 bridgehead atoms. The standard InChI is InChI=1S/C13H10N4O2/c14-13-15-11-7-6-10(8-12(11)17(18)16-13)19-9-4-2-1-3-5-9/h1-8H,(H2,14,15,16). The van der Waals surface area contributed by atoms with E-state index < -0.39 is 0 Å². The fourth-order valence-electron chi connectivity index (χ4n) is 1.73. The fourth-order valence-corrected chi connectivity index (χ4v) is 1.73. The van der Waals surface area contributed by atoms with Gasteiger partial charge in [-0.05, 0) is 29.1 Å². The molecule has 19 heavy (non-hydrogen) atoms. The molecule has 0 radical (unpaired) electrons. The molecule has 0 aliphatic heterocycles. The minimum atomic E-state index is -0.0563. The molecule has 94 valence electrons. The Morgan fingerprint density at radius 2 is 1.84 bits per heavy atom. The lowest BCUT2D eigenvalue weighted by Gasteiger charge is -2.05. The maximum Gasteiger partial charge on any atom is 0.288 e. The first-order valence-corrected chi connectivity index (χ1v) is 5.62. The van der Waals surface area contributed by atoms with Crippen molar-refractivity contribution in [2.24, 2.45) is 0 Å². The molecule has 6 heteroatoms. The molecular weight excluding hydrogens is 244 g/mol. The van der Waals surface area contributed by atoms with Gasteiger partial charge >= 0.3 is 0 Å². The number of nitrogens with zero attached hydrogens (tertiary/aromatic N) is 3. The zero-order chi connectivity index (χ0) is 13.2. The summed E-state index contributed by atoms with van der Waals surface area (Å²) in [5.74, 6) is 1.17. The Labute approximate surface area is 108 Å². The molecule has 0 atom stereocenters. The number of rotatable bonds is 2. The summed E-state index contributed by atoms with van der Waals surface area (Å²) in [4.78, 5) is 4.41. The highest BCUT2D eigenvalue weighted by atomic mass is 16.5. The third-order valence-corrected chi connectivity index (χ3v) is 2.56. The lowest BCUT2D eigenvalue weighted by atomic mass is 10.3. The molecule has 1 heterocycles. The van der Waals surface area contributed by atoms with Crippen LogP contribution < -0.4 is 15.3 Å². The number of para-hydroxylation sites is 1. The second kappa shape index (κ2) is 4.41. The summed E-state index contributed by atoms with van der Waals surface area (Å²) in [6.45, 7) is 0. The molecule has 2 aromatic carbocycles. The number of hydrogen-bond donors (Lipinski definition) is 1. The smallest absolute Gasteiger partial charge is 0.288 e. The van der Waals surface area contributed by atoms with Crippen molar-refractivity contribution in [3.05, 3.63) is 53.7 Å². The lowest BCUT2D eigenvalue weighted by Crippen LogP contribution is -2.33. The van der Waals surface area contributed by atoms with Gasteiger partial charge in [0.15, 0.2) is 0 Å². The summed E-state index contributed by atoms with van der Waals surface area (Å²) in [6.07, 6.45) is 0. The van der Waals surface area contributed by atoms with Crippen LogP contribution in [0, 0.1) is 5.21 Å². The van der Waals surface area contributed by atoms with Crippen LogP contribution in [0.15, 0.2) is 48.5 Å². The van der Waals surface area contributed by atoms with Gasteiger partial charge in [-0.25, -0.2) is 4.98 Å². The molecule has 0 saturated carbocycles. The predicted molar refractivity (Wildman–Crippen MR) is 69.4 cm³/mol. The van der Waals surface area contributed by atoms with Crippen LogP contribution in [0.3, 0.4) is 0 Å². The highest BCUT2D eigenvalue weighted by Crippen LogP contribution is 2.23. The Morgan fingerprint density at radius 3 is 2.63 bits per heavy atom. The van der Waals surface area contributed by atoms with Gasteiger partial charge in [-0.2, -0.15) is 0 Å². The third-order valence-electron chi connectivity index (χ3n) is 2.56. The van der Waals surface area contributed by atoms with Gasteiger partial charge in [0.2, 0.25) is 0 Å². The van der Waals surface area contributed by atoms with Crippen molar-refractivity contribution in [3.8, 4) is 11.5 Å². The highest BCUT2D eigenvalue weighted by molar-refractivity contribution is 5.73. The number of anilines is 1. The van der Waals surface area contributed by atoms with E-state index >= 15 is 0 Å². The molecule has 0 saturated heterocycles. The van der Waals surface area contributed by atoms with Crippen LogP contribution in [0.4, 0.5) is 5.95 Å². The van der Waals surface area contributed by atoms with Gasteiger partial charge in [0.05, 0.1) is 11.2 Å². The number of hydrogen-bond acceptors (Lipinski definition) is 5. The molecule has 0 fully saturated rings. The topological polar surface area (TPSA) is 88.0 Å². The van der Waals surface area contributed by atoms with Crippen LogP contribution >= 0.6 is 0 Å².